The van der Waals surface area contributed by atoms with Gasteiger partial charge in [0.2, 0.25) is 0 Å². The van der Waals surface area contributed by atoms with Gasteiger partial charge in [-0.3, -0.25) is 0 Å². The van der Waals surface area contributed by atoms with Crippen LogP contribution in [-0.2, 0) is 9.47 Å². The smallest absolute Gasteiger partial charge is 0.163 e. The van der Waals surface area contributed by atoms with Crippen LogP contribution in [0.15, 0.2) is 11.6 Å². The lowest BCUT2D eigenvalue weighted by atomic mass is 9.44. The van der Waals surface area contributed by atoms with Crippen molar-refractivity contribution in [2.45, 2.75) is 118 Å². The summed E-state index contributed by atoms with van der Waals surface area (Å²) in [6.45, 7) is 15.8. The summed E-state index contributed by atoms with van der Waals surface area (Å²) < 4.78 is 13.3. The number of hydrogen-bond donors (Lipinski definition) is 0. The lowest BCUT2D eigenvalue weighted by Crippen LogP contribution is -2.62. The summed E-state index contributed by atoms with van der Waals surface area (Å²) in [5, 5.41) is 0. The normalized spacial score (nSPS) is 52.8. The Bertz CT molecular complexity index is 622. The van der Waals surface area contributed by atoms with Crippen molar-refractivity contribution in [3.05, 3.63) is 11.6 Å². The second kappa shape index (κ2) is 7.12. The average Bonchev–Trinajstić information content (AvgIpc) is 3.18. The molecule has 2 nitrogen and oxygen atoms in total. The van der Waals surface area contributed by atoms with E-state index in [0.29, 0.717) is 34.9 Å². The van der Waals surface area contributed by atoms with Crippen molar-refractivity contribution >= 4 is 0 Å². The van der Waals surface area contributed by atoms with Gasteiger partial charge in [0.25, 0.3) is 0 Å². The summed E-state index contributed by atoms with van der Waals surface area (Å²) in [6.07, 6.45) is 14.1. The minimum absolute atomic E-state index is 0.326. The Labute approximate surface area is 173 Å². The number of ether oxygens (including phenoxy) is 2. The van der Waals surface area contributed by atoms with Crippen molar-refractivity contribution in [3.8, 4) is 0 Å². The molecule has 4 saturated carbocycles. The first-order chi connectivity index (χ1) is 13.3. The molecule has 0 aromatic rings. The molecule has 5 fully saturated rings. The first kappa shape index (κ1) is 20.9. The molecule has 0 radical (unpaired) electrons. The van der Waals surface area contributed by atoms with Gasteiger partial charge in [0.15, 0.2) is 5.79 Å². The van der Waals surface area contributed by atoms with Crippen molar-refractivity contribution in [1.82, 2.24) is 0 Å². The first-order valence-electron chi connectivity index (χ1n) is 12.3. The van der Waals surface area contributed by atoms with Gasteiger partial charge >= 0.3 is 0 Å². The van der Waals surface area contributed by atoms with Crippen molar-refractivity contribution in [1.29, 1.82) is 0 Å². The molecule has 4 aliphatic carbocycles. The van der Waals surface area contributed by atoms with Gasteiger partial charge in [0.1, 0.15) is 0 Å². The van der Waals surface area contributed by atoms with Gasteiger partial charge < -0.3 is 9.47 Å². The molecule has 160 valence electrons. The van der Waals surface area contributed by atoms with Crippen molar-refractivity contribution < 1.29 is 9.47 Å². The highest BCUT2D eigenvalue weighted by Gasteiger charge is 2.67. The molecule has 0 amide bonds. The molecule has 1 heterocycles. The number of allylic oxidation sites excluding steroid dienone is 2. The highest BCUT2D eigenvalue weighted by Crippen LogP contribution is 2.69. The van der Waals surface area contributed by atoms with Gasteiger partial charge in [-0.2, -0.15) is 0 Å². The predicted molar refractivity (Wildman–Crippen MR) is 116 cm³/mol. The molecule has 5 rings (SSSR count). The monoisotopic (exact) mass is 388 g/mol. The summed E-state index contributed by atoms with van der Waals surface area (Å²) in [7, 11) is 0. The Balaban J connectivity index is 0.000000932. The van der Waals surface area contributed by atoms with Crippen LogP contribution in [0.25, 0.3) is 0 Å². The van der Waals surface area contributed by atoms with Crippen LogP contribution in [0.2, 0.25) is 0 Å². The molecule has 0 aromatic heterocycles. The average molecular weight is 389 g/mol. The van der Waals surface area contributed by atoms with Crippen LogP contribution in [0, 0.1) is 34.5 Å². The molecule has 5 aliphatic rings. The highest BCUT2D eigenvalue weighted by molar-refractivity contribution is 5.25. The standard InChI is InChI=1S/C24H38O2.C2H6/c1-6-15-10-11-16-19-17(12-14-23(15,16)4)24(5)13-8-7-9-18(24)20-21(19)26-22(2,3)25-20;1-2/h6,16-21H,7-14H2,1-5H3;1-2H3/b15-6-;/t16?,17?,18?,19?,20-,21-,23-,24-;/m1./s1. The zero-order valence-electron chi connectivity index (χ0n) is 19.5. The number of fused-ring (bicyclic) bond motifs is 8. The van der Waals surface area contributed by atoms with Crippen LogP contribution in [-0.4, -0.2) is 18.0 Å². The molecule has 4 unspecified atom stereocenters. The van der Waals surface area contributed by atoms with E-state index < -0.39 is 5.79 Å². The van der Waals surface area contributed by atoms with Crippen LogP contribution in [0.4, 0.5) is 0 Å². The van der Waals surface area contributed by atoms with Crippen molar-refractivity contribution in [2.24, 2.45) is 34.5 Å². The molecular weight excluding hydrogens is 344 g/mol. The number of rotatable bonds is 0. The number of hydrogen-bond acceptors (Lipinski definition) is 2. The van der Waals surface area contributed by atoms with E-state index in [-0.39, 0.29) is 0 Å². The van der Waals surface area contributed by atoms with E-state index in [9.17, 15) is 0 Å². The maximum absolute atomic E-state index is 6.70. The Morgan fingerprint density at radius 3 is 2.25 bits per heavy atom. The molecule has 0 aromatic carbocycles. The fourth-order valence-corrected chi connectivity index (χ4v) is 8.56. The van der Waals surface area contributed by atoms with Gasteiger partial charge in [0.05, 0.1) is 12.2 Å². The van der Waals surface area contributed by atoms with E-state index in [4.69, 9.17) is 9.47 Å². The minimum atomic E-state index is -0.404. The fraction of sp³-hybridized carbons (Fsp3) is 0.923. The van der Waals surface area contributed by atoms with E-state index in [1.807, 2.05) is 13.8 Å². The Morgan fingerprint density at radius 2 is 1.54 bits per heavy atom. The molecule has 28 heavy (non-hydrogen) atoms. The van der Waals surface area contributed by atoms with Crippen LogP contribution < -0.4 is 0 Å². The molecule has 0 spiro atoms. The maximum atomic E-state index is 6.70. The molecule has 0 N–H and O–H groups in total. The molecule has 1 saturated heterocycles. The topological polar surface area (TPSA) is 18.5 Å². The lowest BCUT2D eigenvalue weighted by Gasteiger charge is -2.62. The summed E-state index contributed by atoms with van der Waals surface area (Å²) in [4.78, 5) is 0. The Kier molecular flexibility index (Phi) is 5.32. The van der Waals surface area contributed by atoms with E-state index in [1.165, 1.54) is 51.4 Å². The van der Waals surface area contributed by atoms with Gasteiger partial charge in [0, 0.05) is 0 Å². The van der Waals surface area contributed by atoms with E-state index in [2.05, 4.69) is 40.7 Å². The Morgan fingerprint density at radius 1 is 0.821 bits per heavy atom. The minimum Gasteiger partial charge on any atom is -0.344 e. The fourth-order valence-electron chi connectivity index (χ4n) is 8.56. The third-order valence-corrected chi connectivity index (χ3v) is 9.64. The first-order valence-corrected chi connectivity index (χ1v) is 12.3. The molecule has 0 bridgehead atoms. The third-order valence-electron chi connectivity index (χ3n) is 9.64. The molecular formula is C26H44O2. The van der Waals surface area contributed by atoms with E-state index >= 15 is 0 Å². The van der Waals surface area contributed by atoms with Crippen LogP contribution in [0.5, 0.6) is 0 Å². The third kappa shape index (κ3) is 2.80. The second-order valence-electron chi connectivity index (χ2n) is 11.0. The van der Waals surface area contributed by atoms with Crippen molar-refractivity contribution in [3.63, 3.8) is 0 Å². The zero-order chi connectivity index (χ0) is 20.3. The molecule has 1 aliphatic heterocycles. The lowest BCUT2D eigenvalue weighted by molar-refractivity contribution is -0.171. The predicted octanol–water partition coefficient (Wildman–Crippen LogP) is 7.13. The van der Waals surface area contributed by atoms with Crippen LogP contribution in [0.3, 0.4) is 0 Å². The second-order valence-corrected chi connectivity index (χ2v) is 11.0. The molecule has 8 atom stereocenters. The SMILES string of the molecule is C/C=C1/CCC2C3C(CC[C@]12C)[C@@]1(C)CCCCC1[C@H]1OC(C)(C)O[C@H]31.CC. The van der Waals surface area contributed by atoms with Gasteiger partial charge in [-0.25, -0.2) is 0 Å². The quantitative estimate of drug-likeness (QED) is 0.411. The molecule has 2 heteroatoms. The largest absolute Gasteiger partial charge is 0.344 e. The van der Waals surface area contributed by atoms with Crippen LogP contribution >= 0.6 is 0 Å². The Hall–Kier alpha value is -0.340. The van der Waals surface area contributed by atoms with E-state index in [0.717, 1.165) is 11.8 Å². The van der Waals surface area contributed by atoms with E-state index in [1.54, 1.807) is 5.57 Å². The summed E-state index contributed by atoms with van der Waals surface area (Å²) in [5.74, 6) is 2.62. The summed E-state index contributed by atoms with van der Waals surface area (Å²) in [5.41, 5.74) is 2.61. The highest BCUT2D eigenvalue weighted by atomic mass is 16.8. The van der Waals surface area contributed by atoms with Gasteiger partial charge in [-0.1, -0.05) is 52.2 Å². The maximum Gasteiger partial charge on any atom is 0.163 e. The van der Waals surface area contributed by atoms with Crippen LogP contribution in [0.1, 0.15) is 99.8 Å². The summed E-state index contributed by atoms with van der Waals surface area (Å²) in [6, 6.07) is 0. The van der Waals surface area contributed by atoms with Gasteiger partial charge in [-0.15, -0.1) is 0 Å². The zero-order valence-corrected chi connectivity index (χ0v) is 19.5. The van der Waals surface area contributed by atoms with Crippen molar-refractivity contribution in [2.75, 3.05) is 0 Å². The summed E-state index contributed by atoms with van der Waals surface area (Å²) >= 11 is 0. The van der Waals surface area contributed by atoms with Gasteiger partial charge in [-0.05, 0) is 93.8 Å².